The van der Waals surface area contributed by atoms with Crippen LogP contribution < -0.4 is 0 Å². The summed E-state index contributed by atoms with van der Waals surface area (Å²) in [7, 11) is 0. The van der Waals surface area contributed by atoms with Gasteiger partial charge in [-0.25, -0.2) is 0 Å². The van der Waals surface area contributed by atoms with Crippen molar-refractivity contribution in [1.29, 1.82) is 0 Å². The summed E-state index contributed by atoms with van der Waals surface area (Å²) < 4.78 is 0. The van der Waals surface area contributed by atoms with Gasteiger partial charge in [0.05, 0.1) is 5.69 Å². The lowest BCUT2D eigenvalue weighted by molar-refractivity contribution is 1.32. The van der Waals surface area contributed by atoms with E-state index in [0.29, 0.717) is 0 Å². The molecule has 0 radical (unpaired) electrons. The van der Waals surface area contributed by atoms with Crippen molar-refractivity contribution >= 4 is 0 Å². The van der Waals surface area contributed by atoms with Gasteiger partial charge in [-0.3, -0.25) is 4.98 Å². The smallest absolute Gasteiger partial charge is 0.0702 e. The van der Waals surface area contributed by atoms with Crippen LogP contribution in [-0.4, -0.2) is 4.98 Å². The Bertz CT molecular complexity index is 554. The number of pyridine rings is 1. The van der Waals surface area contributed by atoms with E-state index in [9.17, 15) is 0 Å². The molecule has 0 bridgehead atoms. The van der Waals surface area contributed by atoms with Crippen LogP contribution in [-0.2, 0) is 0 Å². The van der Waals surface area contributed by atoms with Gasteiger partial charge in [0, 0.05) is 17.3 Å². The first-order valence-corrected chi connectivity index (χ1v) is 6.00. The van der Waals surface area contributed by atoms with Crippen molar-refractivity contribution in [3.8, 4) is 22.4 Å². The molecular formula is C17H13N. The molecule has 0 N–H and O–H groups in total. The van der Waals surface area contributed by atoms with E-state index in [1.54, 1.807) is 0 Å². The molecule has 1 aromatic heterocycles. The zero-order chi connectivity index (χ0) is 12.2. The van der Waals surface area contributed by atoms with Crippen LogP contribution in [0.3, 0.4) is 0 Å². The van der Waals surface area contributed by atoms with Crippen molar-refractivity contribution in [2.75, 3.05) is 0 Å². The van der Waals surface area contributed by atoms with Crippen LogP contribution in [0, 0.1) is 0 Å². The molecule has 0 spiro atoms. The van der Waals surface area contributed by atoms with Gasteiger partial charge in [-0.2, -0.15) is 0 Å². The fraction of sp³-hybridized carbons (Fsp3) is 0. The van der Waals surface area contributed by atoms with Gasteiger partial charge in [-0.05, 0) is 11.6 Å². The predicted molar refractivity (Wildman–Crippen MR) is 75.1 cm³/mol. The normalized spacial score (nSPS) is 10.2. The van der Waals surface area contributed by atoms with Gasteiger partial charge < -0.3 is 0 Å². The summed E-state index contributed by atoms with van der Waals surface area (Å²) >= 11 is 0. The summed E-state index contributed by atoms with van der Waals surface area (Å²) in [5.74, 6) is 0. The van der Waals surface area contributed by atoms with E-state index >= 15 is 0 Å². The Labute approximate surface area is 107 Å². The lowest BCUT2D eigenvalue weighted by Crippen LogP contribution is -1.84. The molecule has 0 aliphatic rings. The standard InChI is InChI=1S/C17H13N/c1-3-7-14(8-4-1)16-11-12-17(18-13-16)15-9-5-2-6-10-15/h1-13H. The second kappa shape index (κ2) is 4.84. The molecule has 86 valence electrons. The summed E-state index contributed by atoms with van der Waals surface area (Å²) in [6, 6.07) is 24.7. The molecule has 0 saturated carbocycles. The Morgan fingerprint density at radius 2 is 1.11 bits per heavy atom. The number of rotatable bonds is 2. The number of hydrogen-bond donors (Lipinski definition) is 0. The lowest BCUT2D eigenvalue weighted by atomic mass is 10.1. The fourth-order valence-corrected chi connectivity index (χ4v) is 1.97. The molecule has 1 heterocycles. The zero-order valence-corrected chi connectivity index (χ0v) is 9.95. The molecule has 3 rings (SSSR count). The van der Waals surface area contributed by atoms with Crippen molar-refractivity contribution in [2.45, 2.75) is 0 Å². The Hall–Kier alpha value is -2.41. The molecule has 0 aliphatic heterocycles. The first-order chi connectivity index (χ1) is 8.93. The highest BCUT2D eigenvalue weighted by atomic mass is 14.7. The fourth-order valence-electron chi connectivity index (χ4n) is 1.97. The van der Waals surface area contributed by atoms with Crippen molar-refractivity contribution in [1.82, 2.24) is 4.98 Å². The number of aromatic nitrogens is 1. The summed E-state index contributed by atoms with van der Waals surface area (Å²) in [5.41, 5.74) is 4.51. The molecule has 1 heteroatoms. The Morgan fingerprint density at radius 3 is 1.67 bits per heavy atom. The van der Waals surface area contributed by atoms with E-state index in [2.05, 4.69) is 41.4 Å². The van der Waals surface area contributed by atoms with Gasteiger partial charge in [0.1, 0.15) is 0 Å². The van der Waals surface area contributed by atoms with Gasteiger partial charge in [0.15, 0.2) is 0 Å². The summed E-state index contributed by atoms with van der Waals surface area (Å²) in [4.78, 5) is 4.53. The van der Waals surface area contributed by atoms with Crippen LogP contribution in [0.1, 0.15) is 0 Å². The molecular weight excluding hydrogens is 218 g/mol. The second-order valence-electron chi connectivity index (χ2n) is 4.16. The van der Waals surface area contributed by atoms with Crippen molar-refractivity contribution in [2.24, 2.45) is 0 Å². The number of benzene rings is 2. The average molecular weight is 231 g/mol. The van der Waals surface area contributed by atoms with E-state index in [4.69, 9.17) is 0 Å². The molecule has 0 saturated heterocycles. The largest absolute Gasteiger partial charge is 0.256 e. The quantitative estimate of drug-likeness (QED) is 0.636. The van der Waals surface area contributed by atoms with E-state index < -0.39 is 0 Å². The number of nitrogens with zero attached hydrogens (tertiary/aromatic N) is 1. The molecule has 3 aromatic rings. The first-order valence-electron chi connectivity index (χ1n) is 6.00. The van der Waals surface area contributed by atoms with Crippen LogP contribution in [0.2, 0.25) is 0 Å². The molecule has 0 fully saturated rings. The number of hydrogen-bond acceptors (Lipinski definition) is 1. The van der Waals surface area contributed by atoms with Crippen molar-refractivity contribution in [3.63, 3.8) is 0 Å². The van der Waals surface area contributed by atoms with Crippen LogP contribution >= 0.6 is 0 Å². The molecule has 1 nitrogen and oxygen atoms in total. The first kappa shape index (κ1) is 10.7. The molecule has 0 unspecified atom stereocenters. The summed E-state index contributed by atoms with van der Waals surface area (Å²) in [5, 5.41) is 0. The minimum absolute atomic E-state index is 1.01. The molecule has 2 aromatic carbocycles. The van der Waals surface area contributed by atoms with Crippen LogP contribution in [0.25, 0.3) is 22.4 Å². The Morgan fingerprint density at radius 1 is 0.500 bits per heavy atom. The van der Waals surface area contributed by atoms with Gasteiger partial charge in [0.2, 0.25) is 0 Å². The molecule has 0 aliphatic carbocycles. The molecule has 0 atom stereocenters. The van der Waals surface area contributed by atoms with Crippen LogP contribution in [0.5, 0.6) is 0 Å². The summed E-state index contributed by atoms with van der Waals surface area (Å²) in [6.07, 6.45) is 1.93. The SMILES string of the molecule is c1ccc(-c2ccc(-c3ccccc3)nc2)cc1. The third-order valence-electron chi connectivity index (χ3n) is 2.94. The average Bonchev–Trinajstić information content (AvgIpc) is 2.49. The van der Waals surface area contributed by atoms with Gasteiger partial charge in [-0.15, -0.1) is 0 Å². The maximum Gasteiger partial charge on any atom is 0.0702 e. The van der Waals surface area contributed by atoms with Gasteiger partial charge in [0.25, 0.3) is 0 Å². The van der Waals surface area contributed by atoms with E-state index in [0.717, 1.165) is 16.8 Å². The van der Waals surface area contributed by atoms with Crippen LogP contribution in [0.15, 0.2) is 79.0 Å². The van der Waals surface area contributed by atoms with E-state index in [-0.39, 0.29) is 0 Å². The van der Waals surface area contributed by atoms with Gasteiger partial charge in [-0.1, -0.05) is 66.7 Å². The topological polar surface area (TPSA) is 12.9 Å². The van der Waals surface area contributed by atoms with Crippen molar-refractivity contribution in [3.05, 3.63) is 79.0 Å². The predicted octanol–water partition coefficient (Wildman–Crippen LogP) is 4.42. The molecule has 18 heavy (non-hydrogen) atoms. The highest BCUT2D eigenvalue weighted by Gasteiger charge is 2.00. The summed E-state index contributed by atoms with van der Waals surface area (Å²) in [6.45, 7) is 0. The Balaban J connectivity index is 1.95. The van der Waals surface area contributed by atoms with Gasteiger partial charge >= 0.3 is 0 Å². The third kappa shape index (κ3) is 2.16. The van der Waals surface area contributed by atoms with E-state index in [1.807, 2.05) is 42.6 Å². The van der Waals surface area contributed by atoms with E-state index in [1.165, 1.54) is 5.56 Å². The zero-order valence-electron chi connectivity index (χ0n) is 9.95. The monoisotopic (exact) mass is 231 g/mol. The third-order valence-corrected chi connectivity index (χ3v) is 2.94. The highest BCUT2D eigenvalue weighted by molar-refractivity contribution is 5.66. The lowest BCUT2D eigenvalue weighted by Gasteiger charge is -2.03. The highest BCUT2D eigenvalue weighted by Crippen LogP contribution is 2.21. The van der Waals surface area contributed by atoms with Crippen molar-refractivity contribution < 1.29 is 0 Å². The molecule has 0 amide bonds. The Kier molecular flexibility index (Phi) is 2.89. The minimum atomic E-state index is 1.01. The minimum Gasteiger partial charge on any atom is -0.256 e. The second-order valence-corrected chi connectivity index (χ2v) is 4.16. The maximum atomic E-state index is 4.53. The maximum absolute atomic E-state index is 4.53. The van der Waals surface area contributed by atoms with Crippen LogP contribution in [0.4, 0.5) is 0 Å².